The van der Waals surface area contributed by atoms with Gasteiger partial charge in [-0.05, 0) is 53.9 Å². The zero-order valence-corrected chi connectivity index (χ0v) is 19.2. The van der Waals surface area contributed by atoms with Gasteiger partial charge in [0.15, 0.2) is 0 Å². The number of hydrogen-bond donors (Lipinski definition) is 0. The summed E-state index contributed by atoms with van der Waals surface area (Å²) in [5, 5.41) is 0. The molecular formula is C27H32O5. The van der Waals surface area contributed by atoms with E-state index < -0.39 is 0 Å². The molecule has 170 valence electrons. The van der Waals surface area contributed by atoms with Gasteiger partial charge in [-0.15, -0.1) is 0 Å². The van der Waals surface area contributed by atoms with E-state index in [2.05, 4.69) is 32.0 Å². The molecule has 0 bridgehead atoms. The van der Waals surface area contributed by atoms with Crippen molar-refractivity contribution in [3.8, 4) is 11.5 Å². The first kappa shape index (κ1) is 21.3. The van der Waals surface area contributed by atoms with E-state index in [9.17, 15) is 4.79 Å². The lowest BCUT2D eigenvalue weighted by atomic mass is 9.76. The topological polar surface area (TPSA) is 54.0 Å². The maximum absolute atomic E-state index is 11.7. The number of carbonyl (C=O) groups is 1. The van der Waals surface area contributed by atoms with Crippen LogP contribution in [0.25, 0.3) is 0 Å². The van der Waals surface area contributed by atoms with E-state index in [1.54, 1.807) is 0 Å². The molecular weight excluding hydrogens is 404 g/mol. The molecule has 1 saturated heterocycles. The van der Waals surface area contributed by atoms with E-state index in [1.807, 2.05) is 18.2 Å². The standard InChI is InChI=1S/C27H32O5/c1-27(2)12-5-13-30-26(27)22-7-4-6-21-20(22)10-11-23(21)32-18-8-9-19-17(14-25(28)29-3)16-31-24(19)15-18/h4,6-9,15,17,23,26H,5,10-14,16H2,1-3H3/t17-,23-,26?/m1/s1. The number of benzene rings is 2. The Labute approximate surface area is 190 Å². The fourth-order valence-corrected chi connectivity index (χ4v) is 5.56. The van der Waals surface area contributed by atoms with Crippen LogP contribution >= 0.6 is 0 Å². The second-order valence-electron chi connectivity index (χ2n) is 9.89. The molecule has 2 aliphatic heterocycles. The lowest BCUT2D eigenvalue weighted by molar-refractivity contribution is -0.141. The Hall–Kier alpha value is -2.53. The van der Waals surface area contributed by atoms with Crippen LogP contribution in [0.5, 0.6) is 11.5 Å². The number of rotatable bonds is 5. The average Bonchev–Trinajstić information content (AvgIpc) is 3.37. The van der Waals surface area contributed by atoms with Gasteiger partial charge in [0.1, 0.15) is 17.6 Å². The second kappa shape index (κ2) is 8.43. The van der Waals surface area contributed by atoms with E-state index >= 15 is 0 Å². The van der Waals surface area contributed by atoms with Gasteiger partial charge in [0.2, 0.25) is 0 Å². The predicted octanol–water partition coefficient (Wildman–Crippen LogP) is 5.67. The van der Waals surface area contributed by atoms with E-state index in [4.69, 9.17) is 18.9 Å². The van der Waals surface area contributed by atoms with E-state index in [1.165, 1.54) is 30.2 Å². The van der Waals surface area contributed by atoms with Crippen LogP contribution in [0.2, 0.25) is 0 Å². The first-order valence-electron chi connectivity index (χ1n) is 11.7. The molecule has 2 aromatic carbocycles. The number of fused-ring (bicyclic) bond motifs is 2. The highest BCUT2D eigenvalue weighted by molar-refractivity contribution is 5.71. The minimum Gasteiger partial charge on any atom is -0.492 e. The van der Waals surface area contributed by atoms with Crippen LogP contribution < -0.4 is 9.47 Å². The molecule has 32 heavy (non-hydrogen) atoms. The second-order valence-corrected chi connectivity index (χ2v) is 9.89. The maximum atomic E-state index is 11.7. The molecule has 0 N–H and O–H groups in total. The summed E-state index contributed by atoms with van der Waals surface area (Å²) >= 11 is 0. The van der Waals surface area contributed by atoms with Gasteiger partial charge in [-0.25, -0.2) is 0 Å². The van der Waals surface area contributed by atoms with Crippen molar-refractivity contribution in [2.45, 2.75) is 64.1 Å². The number of esters is 1. The summed E-state index contributed by atoms with van der Waals surface area (Å²) in [5.41, 5.74) is 5.20. The molecule has 0 saturated carbocycles. The van der Waals surface area contributed by atoms with Gasteiger partial charge >= 0.3 is 5.97 Å². The Bertz CT molecular complexity index is 1010. The summed E-state index contributed by atoms with van der Waals surface area (Å²) in [4.78, 5) is 11.7. The Morgan fingerprint density at radius 3 is 2.81 bits per heavy atom. The van der Waals surface area contributed by atoms with Crippen molar-refractivity contribution in [1.82, 2.24) is 0 Å². The molecule has 1 fully saturated rings. The Morgan fingerprint density at radius 2 is 2.00 bits per heavy atom. The zero-order chi connectivity index (χ0) is 22.3. The molecule has 1 unspecified atom stereocenters. The molecule has 0 spiro atoms. The third-order valence-electron chi connectivity index (χ3n) is 7.28. The van der Waals surface area contributed by atoms with Crippen LogP contribution in [0.15, 0.2) is 36.4 Å². The molecule has 0 amide bonds. The van der Waals surface area contributed by atoms with Gasteiger partial charge in [0, 0.05) is 24.2 Å². The Balaban J connectivity index is 1.35. The number of hydrogen-bond acceptors (Lipinski definition) is 5. The van der Waals surface area contributed by atoms with Crippen molar-refractivity contribution in [3.05, 3.63) is 58.7 Å². The van der Waals surface area contributed by atoms with Gasteiger partial charge in [0.25, 0.3) is 0 Å². The average molecular weight is 437 g/mol. The molecule has 1 aliphatic carbocycles. The highest BCUT2D eigenvalue weighted by Crippen LogP contribution is 2.48. The minimum absolute atomic E-state index is 0.0296. The van der Waals surface area contributed by atoms with Crippen LogP contribution in [0.4, 0.5) is 0 Å². The van der Waals surface area contributed by atoms with Crippen molar-refractivity contribution in [1.29, 1.82) is 0 Å². The highest BCUT2D eigenvalue weighted by atomic mass is 16.5. The van der Waals surface area contributed by atoms with Crippen LogP contribution in [-0.2, 0) is 20.7 Å². The molecule has 5 nitrogen and oxygen atoms in total. The SMILES string of the molecule is COC(=O)C[C@@H]1COc2cc(O[C@@H]3CCc4c(C5OCCCC5(C)C)cccc43)ccc21. The third-order valence-corrected chi connectivity index (χ3v) is 7.28. The minimum atomic E-state index is -0.213. The van der Waals surface area contributed by atoms with Crippen molar-refractivity contribution in [2.75, 3.05) is 20.3 Å². The van der Waals surface area contributed by atoms with Crippen LogP contribution in [0, 0.1) is 5.41 Å². The normalized spacial score (nSPS) is 25.5. The van der Waals surface area contributed by atoms with Gasteiger partial charge in [-0.1, -0.05) is 38.1 Å². The molecule has 3 aliphatic rings. The molecule has 3 atom stereocenters. The molecule has 2 aromatic rings. The summed E-state index contributed by atoms with van der Waals surface area (Å²) in [6.45, 7) is 5.97. The predicted molar refractivity (Wildman–Crippen MR) is 121 cm³/mol. The number of methoxy groups -OCH3 is 1. The van der Waals surface area contributed by atoms with Gasteiger partial charge in [-0.2, -0.15) is 0 Å². The van der Waals surface area contributed by atoms with Crippen LogP contribution in [-0.4, -0.2) is 26.3 Å². The number of ether oxygens (including phenoxy) is 4. The summed E-state index contributed by atoms with van der Waals surface area (Å²) in [5.74, 6) is 1.44. The zero-order valence-electron chi connectivity index (χ0n) is 19.2. The van der Waals surface area contributed by atoms with E-state index in [-0.39, 0.29) is 29.5 Å². The summed E-state index contributed by atoms with van der Waals surface area (Å²) in [6.07, 6.45) is 4.80. The lowest BCUT2D eigenvalue weighted by Crippen LogP contribution is -2.30. The van der Waals surface area contributed by atoms with Crippen molar-refractivity contribution >= 4 is 5.97 Å². The van der Waals surface area contributed by atoms with Crippen molar-refractivity contribution < 1.29 is 23.7 Å². The van der Waals surface area contributed by atoms with E-state index in [0.29, 0.717) is 13.0 Å². The van der Waals surface area contributed by atoms with E-state index in [0.717, 1.165) is 42.9 Å². The highest BCUT2D eigenvalue weighted by Gasteiger charge is 2.38. The first-order valence-corrected chi connectivity index (χ1v) is 11.7. The smallest absolute Gasteiger partial charge is 0.306 e. The number of carbonyl (C=O) groups excluding carboxylic acids is 1. The van der Waals surface area contributed by atoms with Crippen molar-refractivity contribution in [2.24, 2.45) is 5.41 Å². The molecule has 0 aromatic heterocycles. The van der Waals surface area contributed by atoms with Gasteiger partial charge < -0.3 is 18.9 Å². The first-order chi connectivity index (χ1) is 15.5. The Kier molecular flexibility index (Phi) is 5.62. The summed E-state index contributed by atoms with van der Waals surface area (Å²) < 4.78 is 23.4. The largest absolute Gasteiger partial charge is 0.492 e. The quantitative estimate of drug-likeness (QED) is 0.565. The van der Waals surface area contributed by atoms with Gasteiger partial charge in [-0.3, -0.25) is 4.79 Å². The van der Waals surface area contributed by atoms with Gasteiger partial charge in [0.05, 0.1) is 26.2 Å². The lowest BCUT2D eigenvalue weighted by Gasteiger charge is -2.39. The third kappa shape index (κ3) is 3.88. The monoisotopic (exact) mass is 436 g/mol. The fraction of sp³-hybridized carbons (Fsp3) is 0.519. The Morgan fingerprint density at radius 1 is 1.16 bits per heavy atom. The fourth-order valence-electron chi connectivity index (χ4n) is 5.56. The molecule has 5 heteroatoms. The molecule has 5 rings (SSSR count). The summed E-state index contributed by atoms with van der Waals surface area (Å²) in [7, 11) is 1.42. The molecule has 2 heterocycles. The maximum Gasteiger partial charge on any atom is 0.306 e. The molecule has 0 radical (unpaired) electrons. The van der Waals surface area contributed by atoms with Crippen molar-refractivity contribution in [3.63, 3.8) is 0 Å². The van der Waals surface area contributed by atoms with Crippen LogP contribution in [0.3, 0.4) is 0 Å². The summed E-state index contributed by atoms with van der Waals surface area (Å²) in [6, 6.07) is 12.6. The van der Waals surface area contributed by atoms with Crippen LogP contribution in [0.1, 0.15) is 79.9 Å².